The van der Waals surface area contributed by atoms with Gasteiger partial charge in [0.25, 0.3) is 0 Å². The predicted octanol–water partition coefficient (Wildman–Crippen LogP) is 1.25. The number of hydrogen-bond acceptors (Lipinski definition) is 5. The van der Waals surface area contributed by atoms with E-state index < -0.39 is 0 Å². The van der Waals surface area contributed by atoms with Gasteiger partial charge in [0.05, 0.1) is 7.11 Å². The van der Waals surface area contributed by atoms with Gasteiger partial charge in [-0.15, -0.1) is 0 Å². The van der Waals surface area contributed by atoms with Gasteiger partial charge in [0.15, 0.2) is 0 Å². The Morgan fingerprint density at radius 2 is 2.12 bits per heavy atom. The molecule has 1 aliphatic heterocycles. The standard InChI is InChI=1S/C11H15N3O2/c1-16-11(15)9-7-12-8-13-10(9)14-5-3-2-4-6-14/h7-8H,2-6H2,1H3. The third-order valence-corrected chi connectivity index (χ3v) is 2.75. The largest absolute Gasteiger partial charge is 0.465 e. The Morgan fingerprint density at radius 3 is 2.81 bits per heavy atom. The van der Waals surface area contributed by atoms with Gasteiger partial charge in [0.2, 0.25) is 0 Å². The summed E-state index contributed by atoms with van der Waals surface area (Å²) in [6, 6.07) is 0. The Labute approximate surface area is 94.5 Å². The Balaban J connectivity index is 2.28. The number of carbonyl (C=O) groups is 1. The summed E-state index contributed by atoms with van der Waals surface area (Å²) >= 11 is 0. The Kier molecular flexibility index (Phi) is 3.34. The smallest absolute Gasteiger partial charge is 0.343 e. The van der Waals surface area contributed by atoms with Crippen molar-refractivity contribution in [1.29, 1.82) is 0 Å². The van der Waals surface area contributed by atoms with E-state index in [1.54, 1.807) is 0 Å². The Bertz CT molecular complexity index is 375. The average molecular weight is 221 g/mol. The van der Waals surface area contributed by atoms with E-state index in [0.29, 0.717) is 11.4 Å². The van der Waals surface area contributed by atoms with Crippen LogP contribution in [0.5, 0.6) is 0 Å². The highest BCUT2D eigenvalue weighted by molar-refractivity contribution is 5.94. The van der Waals surface area contributed by atoms with Crippen LogP contribution in [0.15, 0.2) is 12.5 Å². The van der Waals surface area contributed by atoms with Crippen molar-refractivity contribution in [2.45, 2.75) is 19.3 Å². The van der Waals surface area contributed by atoms with Crippen LogP contribution in [0.3, 0.4) is 0 Å². The summed E-state index contributed by atoms with van der Waals surface area (Å²) in [7, 11) is 1.37. The molecule has 0 radical (unpaired) electrons. The van der Waals surface area contributed by atoms with Crippen LogP contribution in [0.4, 0.5) is 5.82 Å². The SMILES string of the molecule is COC(=O)c1cncnc1N1CCCCC1. The number of ether oxygens (including phenoxy) is 1. The molecular weight excluding hydrogens is 206 g/mol. The van der Waals surface area contributed by atoms with Crippen LogP contribution in [0.1, 0.15) is 29.6 Å². The maximum atomic E-state index is 11.5. The molecule has 0 saturated carbocycles. The maximum absolute atomic E-state index is 11.5. The topological polar surface area (TPSA) is 55.3 Å². The molecule has 5 nitrogen and oxygen atoms in total. The maximum Gasteiger partial charge on any atom is 0.343 e. The molecule has 0 atom stereocenters. The minimum absolute atomic E-state index is 0.374. The summed E-state index contributed by atoms with van der Waals surface area (Å²) in [5.74, 6) is 0.322. The summed E-state index contributed by atoms with van der Waals surface area (Å²) < 4.78 is 4.72. The summed E-state index contributed by atoms with van der Waals surface area (Å²) in [6.07, 6.45) is 6.52. The second-order valence-electron chi connectivity index (χ2n) is 3.80. The van der Waals surface area contributed by atoms with Crippen LogP contribution in [-0.2, 0) is 4.74 Å². The lowest BCUT2D eigenvalue weighted by Crippen LogP contribution is -2.31. The lowest BCUT2D eigenvalue weighted by Gasteiger charge is -2.28. The van der Waals surface area contributed by atoms with Crippen molar-refractivity contribution in [3.05, 3.63) is 18.1 Å². The number of hydrogen-bond donors (Lipinski definition) is 0. The minimum atomic E-state index is -0.374. The molecule has 0 aliphatic carbocycles. The molecule has 5 heteroatoms. The first kappa shape index (κ1) is 10.9. The Hall–Kier alpha value is -1.65. The van der Waals surface area contributed by atoms with E-state index >= 15 is 0 Å². The molecule has 1 aromatic heterocycles. The molecule has 0 bridgehead atoms. The minimum Gasteiger partial charge on any atom is -0.465 e. The molecular formula is C11H15N3O2. The van der Waals surface area contributed by atoms with E-state index in [0.717, 1.165) is 25.9 Å². The molecule has 16 heavy (non-hydrogen) atoms. The van der Waals surface area contributed by atoms with Crippen molar-refractivity contribution in [2.75, 3.05) is 25.1 Å². The second-order valence-corrected chi connectivity index (χ2v) is 3.80. The average Bonchev–Trinajstić information content (AvgIpc) is 2.39. The second kappa shape index (κ2) is 4.92. The van der Waals surface area contributed by atoms with Gasteiger partial charge in [0.1, 0.15) is 17.7 Å². The van der Waals surface area contributed by atoms with Crippen LogP contribution in [0.2, 0.25) is 0 Å². The molecule has 1 fully saturated rings. The summed E-state index contributed by atoms with van der Waals surface area (Å²) in [5.41, 5.74) is 0.451. The fourth-order valence-electron chi connectivity index (χ4n) is 1.93. The van der Waals surface area contributed by atoms with Gasteiger partial charge >= 0.3 is 5.97 Å². The molecule has 1 aliphatic rings. The number of nitrogens with zero attached hydrogens (tertiary/aromatic N) is 3. The third kappa shape index (κ3) is 2.13. The van der Waals surface area contributed by atoms with Gasteiger partial charge in [-0.3, -0.25) is 0 Å². The summed E-state index contributed by atoms with van der Waals surface area (Å²) in [4.78, 5) is 21.7. The molecule has 1 aromatic rings. The zero-order valence-electron chi connectivity index (χ0n) is 9.35. The molecule has 0 aromatic carbocycles. The highest BCUT2D eigenvalue weighted by Gasteiger charge is 2.20. The van der Waals surface area contributed by atoms with Gasteiger partial charge in [-0.05, 0) is 19.3 Å². The number of methoxy groups -OCH3 is 1. The zero-order chi connectivity index (χ0) is 11.4. The van der Waals surface area contributed by atoms with Crippen molar-refractivity contribution in [1.82, 2.24) is 9.97 Å². The first-order chi connectivity index (χ1) is 7.83. The van der Waals surface area contributed by atoms with Crippen LogP contribution in [0, 0.1) is 0 Å². The molecule has 2 rings (SSSR count). The summed E-state index contributed by atoms with van der Waals surface area (Å²) in [6.45, 7) is 1.89. The van der Waals surface area contributed by atoms with Crippen molar-refractivity contribution >= 4 is 11.8 Å². The molecule has 0 amide bonds. The van der Waals surface area contributed by atoms with Crippen molar-refractivity contribution in [2.24, 2.45) is 0 Å². The molecule has 0 unspecified atom stereocenters. The molecule has 86 valence electrons. The van der Waals surface area contributed by atoms with Crippen LogP contribution in [0.25, 0.3) is 0 Å². The van der Waals surface area contributed by atoms with E-state index in [1.165, 1.54) is 26.1 Å². The van der Waals surface area contributed by atoms with E-state index in [9.17, 15) is 4.79 Å². The van der Waals surface area contributed by atoms with Crippen LogP contribution in [-0.4, -0.2) is 36.1 Å². The molecule has 1 saturated heterocycles. The predicted molar refractivity (Wildman–Crippen MR) is 59.4 cm³/mol. The van der Waals surface area contributed by atoms with Crippen molar-refractivity contribution in [3.8, 4) is 0 Å². The number of carbonyl (C=O) groups excluding carboxylic acids is 1. The fourth-order valence-corrected chi connectivity index (χ4v) is 1.93. The van der Waals surface area contributed by atoms with E-state index in [4.69, 9.17) is 4.74 Å². The van der Waals surface area contributed by atoms with Gasteiger partial charge < -0.3 is 9.64 Å². The van der Waals surface area contributed by atoms with Gasteiger partial charge in [-0.25, -0.2) is 14.8 Å². The number of piperidine rings is 1. The normalized spacial score (nSPS) is 15.9. The quantitative estimate of drug-likeness (QED) is 0.703. The number of rotatable bonds is 2. The first-order valence-electron chi connectivity index (χ1n) is 5.46. The summed E-state index contributed by atoms with van der Waals surface area (Å²) in [5, 5.41) is 0. The number of esters is 1. The number of aromatic nitrogens is 2. The van der Waals surface area contributed by atoms with Crippen LogP contribution >= 0.6 is 0 Å². The first-order valence-corrected chi connectivity index (χ1v) is 5.46. The van der Waals surface area contributed by atoms with Crippen molar-refractivity contribution in [3.63, 3.8) is 0 Å². The van der Waals surface area contributed by atoms with Gasteiger partial charge in [-0.2, -0.15) is 0 Å². The zero-order valence-corrected chi connectivity index (χ0v) is 9.35. The van der Waals surface area contributed by atoms with Crippen molar-refractivity contribution < 1.29 is 9.53 Å². The third-order valence-electron chi connectivity index (χ3n) is 2.75. The van der Waals surface area contributed by atoms with Gasteiger partial charge in [-0.1, -0.05) is 0 Å². The highest BCUT2D eigenvalue weighted by atomic mass is 16.5. The fraction of sp³-hybridized carbons (Fsp3) is 0.545. The molecule has 0 N–H and O–H groups in total. The lowest BCUT2D eigenvalue weighted by molar-refractivity contribution is 0.0600. The van der Waals surface area contributed by atoms with E-state index in [2.05, 4.69) is 14.9 Å². The highest BCUT2D eigenvalue weighted by Crippen LogP contribution is 2.21. The van der Waals surface area contributed by atoms with E-state index in [1.807, 2.05) is 0 Å². The van der Waals surface area contributed by atoms with Crippen LogP contribution < -0.4 is 4.90 Å². The van der Waals surface area contributed by atoms with Gasteiger partial charge in [0, 0.05) is 19.3 Å². The number of anilines is 1. The molecule has 0 spiro atoms. The molecule has 2 heterocycles. The van der Waals surface area contributed by atoms with E-state index in [-0.39, 0.29) is 5.97 Å². The monoisotopic (exact) mass is 221 g/mol. The lowest BCUT2D eigenvalue weighted by atomic mass is 10.1. The Morgan fingerprint density at radius 1 is 1.38 bits per heavy atom.